The van der Waals surface area contributed by atoms with E-state index in [1.165, 1.54) is 16.3 Å². The van der Waals surface area contributed by atoms with Crippen LogP contribution in [0.2, 0.25) is 0 Å². The summed E-state index contributed by atoms with van der Waals surface area (Å²) in [5.74, 6) is 0. The van der Waals surface area contributed by atoms with Crippen molar-refractivity contribution in [2.75, 3.05) is 20.1 Å². The third kappa shape index (κ3) is 3.81. The highest BCUT2D eigenvalue weighted by molar-refractivity contribution is 5.86. The van der Waals surface area contributed by atoms with Gasteiger partial charge in [0.25, 0.3) is 0 Å². The summed E-state index contributed by atoms with van der Waals surface area (Å²) in [5, 5.41) is 2.53. The Morgan fingerprint density at radius 3 is 2.40 bits per heavy atom. The Morgan fingerprint density at radius 2 is 1.70 bits per heavy atom. The second-order valence-corrected chi connectivity index (χ2v) is 6.93. The minimum atomic E-state index is 0.0495. The minimum Gasteiger partial charge on any atom is -0.323 e. The Morgan fingerprint density at radius 1 is 1.05 bits per heavy atom. The molecule has 0 aliphatic heterocycles. The molecule has 0 saturated heterocycles. The van der Waals surface area contributed by atoms with E-state index in [9.17, 15) is 0 Å². The summed E-state index contributed by atoms with van der Waals surface area (Å²) in [7, 11) is 2.15. The van der Waals surface area contributed by atoms with Gasteiger partial charge in [0, 0.05) is 19.1 Å². The van der Waals surface area contributed by atoms with Gasteiger partial charge in [-0.05, 0) is 28.8 Å². The number of hydrogen-bond acceptors (Lipinski definition) is 2. The molecule has 2 aromatic carbocycles. The molecule has 1 unspecified atom stereocenters. The van der Waals surface area contributed by atoms with Crippen LogP contribution in [0.5, 0.6) is 0 Å². The summed E-state index contributed by atoms with van der Waals surface area (Å²) >= 11 is 0. The van der Waals surface area contributed by atoms with Crippen LogP contribution in [-0.2, 0) is 0 Å². The van der Waals surface area contributed by atoms with Gasteiger partial charge in [0.1, 0.15) is 0 Å². The first kappa shape index (κ1) is 15.0. The molecule has 2 N–H and O–H groups in total. The van der Waals surface area contributed by atoms with Crippen molar-refractivity contribution in [1.82, 2.24) is 4.90 Å². The molecule has 2 heteroatoms. The molecule has 20 heavy (non-hydrogen) atoms. The Labute approximate surface area is 122 Å². The fourth-order valence-electron chi connectivity index (χ4n) is 2.88. The van der Waals surface area contributed by atoms with E-state index in [2.05, 4.69) is 75.2 Å². The van der Waals surface area contributed by atoms with Crippen molar-refractivity contribution < 1.29 is 0 Å². The van der Waals surface area contributed by atoms with Crippen molar-refractivity contribution in [3.05, 3.63) is 48.0 Å². The molecule has 0 aromatic heterocycles. The van der Waals surface area contributed by atoms with Crippen molar-refractivity contribution >= 4 is 10.8 Å². The SMILES string of the molecule is CN(CC(N)c1cccc2ccccc12)CC(C)(C)C. The Hall–Kier alpha value is -1.38. The van der Waals surface area contributed by atoms with Crippen LogP contribution in [0, 0.1) is 5.41 Å². The van der Waals surface area contributed by atoms with E-state index in [0.717, 1.165) is 13.1 Å². The number of nitrogens with two attached hydrogens (primary N) is 1. The summed E-state index contributed by atoms with van der Waals surface area (Å²) in [6.45, 7) is 8.70. The largest absolute Gasteiger partial charge is 0.323 e. The summed E-state index contributed by atoms with van der Waals surface area (Å²) < 4.78 is 0. The average molecular weight is 270 g/mol. The summed E-state index contributed by atoms with van der Waals surface area (Å²) in [6, 6.07) is 14.9. The van der Waals surface area contributed by atoms with E-state index >= 15 is 0 Å². The molecule has 0 heterocycles. The molecule has 2 rings (SSSR count). The third-order valence-corrected chi connectivity index (χ3v) is 3.48. The fraction of sp³-hybridized carbons (Fsp3) is 0.444. The molecule has 0 fully saturated rings. The van der Waals surface area contributed by atoms with Gasteiger partial charge in [-0.3, -0.25) is 0 Å². The number of likely N-dealkylation sites (N-methyl/N-ethyl adjacent to an activating group) is 1. The molecule has 0 aliphatic rings. The number of benzene rings is 2. The van der Waals surface area contributed by atoms with E-state index in [4.69, 9.17) is 5.73 Å². The van der Waals surface area contributed by atoms with Crippen LogP contribution in [-0.4, -0.2) is 25.0 Å². The number of nitrogens with zero attached hydrogens (tertiary/aromatic N) is 1. The van der Waals surface area contributed by atoms with E-state index in [-0.39, 0.29) is 6.04 Å². The Bertz CT molecular complexity index is 564. The lowest BCUT2D eigenvalue weighted by atomic mass is 9.95. The van der Waals surface area contributed by atoms with Gasteiger partial charge in [-0.25, -0.2) is 0 Å². The van der Waals surface area contributed by atoms with E-state index in [0.29, 0.717) is 5.41 Å². The summed E-state index contributed by atoms with van der Waals surface area (Å²) in [6.07, 6.45) is 0. The summed E-state index contributed by atoms with van der Waals surface area (Å²) in [4.78, 5) is 2.33. The lowest BCUT2D eigenvalue weighted by Crippen LogP contribution is -2.35. The molecular weight excluding hydrogens is 244 g/mol. The smallest absolute Gasteiger partial charge is 0.0430 e. The predicted octanol–water partition coefficient (Wildman–Crippen LogP) is 3.82. The van der Waals surface area contributed by atoms with Crippen LogP contribution in [0.1, 0.15) is 32.4 Å². The van der Waals surface area contributed by atoms with Gasteiger partial charge < -0.3 is 10.6 Å². The van der Waals surface area contributed by atoms with Gasteiger partial charge in [0.2, 0.25) is 0 Å². The molecule has 2 nitrogen and oxygen atoms in total. The predicted molar refractivity (Wildman–Crippen MR) is 87.8 cm³/mol. The first-order chi connectivity index (χ1) is 9.37. The maximum absolute atomic E-state index is 6.44. The zero-order valence-electron chi connectivity index (χ0n) is 13.1. The highest BCUT2D eigenvalue weighted by Gasteiger charge is 2.17. The van der Waals surface area contributed by atoms with Gasteiger partial charge in [0.15, 0.2) is 0 Å². The monoisotopic (exact) mass is 270 g/mol. The molecule has 0 spiro atoms. The van der Waals surface area contributed by atoms with Gasteiger partial charge in [0.05, 0.1) is 0 Å². The maximum atomic E-state index is 6.44. The van der Waals surface area contributed by atoms with E-state index < -0.39 is 0 Å². The lowest BCUT2D eigenvalue weighted by Gasteiger charge is -2.29. The van der Waals surface area contributed by atoms with Crippen molar-refractivity contribution in [1.29, 1.82) is 0 Å². The first-order valence-corrected chi connectivity index (χ1v) is 7.28. The van der Waals surface area contributed by atoms with Gasteiger partial charge in [-0.2, -0.15) is 0 Å². The molecule has 0 radical (unpaired) electrons. The molecular formula is C18H26N2. The molecule has 1 atom stereocenters. The Balaban J connectivity index is 2.17. The van der Waals surface area contributed by atoms with Crippen molar-refractivity contribution in [3.8, 4) is 0 Å². The molecule has 0 saturated carbocycles. The quantitative estimate of drug-likeness (QED) is 0.915. The van der Waals surface area contributed by atoms with Gasteiger partial charge in [-0.15, -0.1) is 0 Å². The first-order valence-electron chi connectivity index (χ1n) is 7.28. The van der Waals surface area contributed by atoms with Gasteiger partial charge >= 0.3 is 0 Å². The number of fused-ring (bicyclic) bond motifs is 1. The third-order valence-electron chi connectivity index (χ3n) is 3.48. The number of hydrogen-bond donors (Lipinski definition) is 1. The second-order valence-electron chi connectivity index (χ2n) is 6.93. The van der Waals surface area contributed by atoms with Crippen LogP contribution in [0.3, 0.4) is 0 Å². The van der Waals surface area contributed by atoms with Gasteiger partial charge in [-0.1, -0.05) is 63.2 Å². The normalized spacial score (nSPS) is 13.9. The van der Waals surface area contributed by atoms with Crippen LogP contribution in [0.15, 0.2) is 42.5 Å². The van der Waals surface area contributed by atoms with Crippen LogP contribution >= 0.6 is 0 Å². The molecule has 0 amide bonds. The maximum Gasteiger partial charge on any atom is 0.0430 e. The van der Waals surface area contributed by atoms with Crippen molar-refractivity contribution in [2.24, 2.45) is 11.1 Å². The zero-order chi connectivity index (χ0) is 14.8. The Kier molecular flexibility index (Phi) is 4.46. The highest BCUT2D eigenvalue weighted by atomic mass is 15.1. The van der Waals surface area contributed by atoms with Crippen molar-refractivity contribution in [2.45, 2.75) is 26.8 Å². The second kappa shape index (κ2) is 5.94. The average Bonchev–Trinajstić information content (AvgIpc) is 2.35. The lowest BCUT2D eigenvalue weighted by molar-refractivity contribution is 0.217. The molecule has 0 aliphatic carbocycles. The van der Waals surface area contributed by atoms with Crippen LogP contribution < -0.4 is 5.73 Å². The molecule has 108 valence electrons. The molecule has 0 bridgehead atoms. The van der Waals surface area contributed by atoms with E-state index in [1.54, 1.807) is 0 Å². The minimum absolute atomic E-state index is 0.0495. The number of rotatable bonds is 4. The van der Waals surface area contributed by atoms with Crippen LogP contribution in [0.25, 0.3) is 10.8 Å². The van der Waals surface area contributed by atoms with Crippen LogP contribution in [0.4, 0.5) is 0 Å². The highest BCUT2D eigenvalue weighted by Crippen LogP contribution is 2.24. The topological polar surface area (TPSA) is 29.3 Å². The standard InChI is InChI=1S/C18H26N2/c1-18(2,3)13-20(4)12-17(19)16-11-7-9-14-8-5-6-10-15(14)16/h5-11,17H,12-13,19H2,1-4H3. The zero-order valence-corrected chi connectivity index (χ0v) is 13.1. The van der Waals surface area contributed by atoms with E-state index in [1.807, 2.05) is 0 Å². The molecule has 2 aromatic rings. The fourth-order valence-corrected chi connectivity index (χ4v) is 2.88. The summed E-state index contributed by atoms with van der Waals surface area (Å²) in [5.41, 5.74) is 7.98. The van der Waals surface area contributed by atoms with Crippen molar-refractivity contribution in [3.63, 3.8) is 0 Å².